The maximum absolute atomic E-state index is 13.0. The Hall–Kier alpha value is -2.73. The molecule has 1 amide bonds. The number of hydrogen-bond acceptors (Lipinski definition) is 5. The van der Waals surface area contributed by atoms with Crippen LogP contribution in [0, 0.1) is 5.41 Å². The average Bonchev–Trinajstić information content (AvgIpc) is 2.82. The van der Waals surface area contributed by atoms with Gasteiger partial charge in [0.25, 0.3) is 0 Å². The van der Waals surface area contributed by atoms with E-state index in [1.54, 1.807) is 7.11 Å². The van der Waals surface area contributed by atoms with Crippen LogP contribution < -0.4 is 15.0 Å². The van der Waals surface area contributed by atoms with Crippen molar-refractivity contribution in [1.82, 2.24) is 10.2 Å². The first-order valence-corrected chi connectivity index (χ1v) is 11.8. The lowest BCUT2D eigenvalue weighted by atomic mass is 9.76. The van der Waals surface area contributed by atoms with Gasteiger partial charge in [0.15, 0.2) is 0 Å². The molecule has 0 bridgehead atoms. The monoisotopic (exact) mass is 453 g/mol. The van der Waals surface area contributed by atoms with Crippen LogP contribution in [0.2, 0.25) is 0 Å². The van der Waals surface area contributed by atoms with Crippen LogP contribution in [0.3, 0.4) is 0 Å². The molecule has 2 N–H and O–H groups in total. The molecule has 1 aliphatic carbocycles. The van der Waals surface area contributed by atoms with E-state index in [2.05, 4.69) is 48.5 Å². The SMILES string of the molecule is C=C1/C(O)=C(C)\C=C(\C)CCC(C)(C)C1NC(=O)CN1CCN(c2cccc(OC)c2)CC1. The second-order valence-electron chi connectivity index (χ2n) is 10.0. The first-order chi connectivity index (χ1) is 15.6. The number of aliphatic hydroxyl groups is 1. The number of carbonyl (C=O) groups is 1. The molecule has 2 aliphatic rings. The molecule has 6 nitrogen and oxygen atoms in total. The van der Waals surface area contributed by atoms with E-state index in [1.165, 1.54) is 5.57 Å². The summed E-state index contributed by atoms with van der Waals surface area (Å²) < 4.78 is 5.34. The Labute approximate surface area is 198 Å². The zero-order chi connectivity index (χ0) is 24.2. The summed E-state index contributed by atoms with van der Waals surface area (Å²) in [6.45, 7) is 16.1. The summed E-state index contributed by atoms with van der Waals surface area (Å²) in [6, 6.07) is 7.77. The molecule has 1 aliphatic heterocycles. The van der Waals surface area contributed by atoms with Gasteiger partial charge in [-0.05, 0) is 49.8 Å². The van der Waals surface area contributed by atoms with Crippen molar-refractivity contribution in [3.8, 4) is 5.75 Å². The van der Waals surface area contributed by atoms with Crippen LogP contribution >= 0.6 is 0 Å². The quantitative estimate of drug-likeness (QED) is 0.689. The van der Waals surface area contributed by atoms with Crippen molar-refractivity contribution in [2.45, 2.75) is 46.6 Å². The van der Waals surface area contributed by atoms with Crippen molar-refractivity contribution in [2.75, 3.05) is 44.7 Å². The van der Waals surface area contributed by atoms with Crippen molar-refractivity contribution < 1.29 is 14.6 Å². The molecule has 0 saturated carbocycles. The molecule has 180 valence electrons. The van der Waals surface area contributed by atoms with Crippen molar-refractivity contribution in [3.63, 3.8) is 0 Å². The molecule has 1 aromatic rings. The number of benzene rings is 1. The van der Waals surface area contributed by atoms with Crippen molar-refractivity contribution in [2.24, 2.45) is 5.41 Å². The molecule has 0 spiro atoms. The van der Waals surface area contributed by atoms with Crippen LogP contribution in [0.25, 0.3) is 0 Å². The zero-order valence-corrected chi connectivity index (χ0v) is 20.8. The Bertz CT molecular complexity index is 940. The number of hydrogen-bond donors (Lipinski definition) is 2. The minimum absolute atomic E-state index is 0.0292. The summed E-state index contributed by atoms with van der Waals surface area (Å²) >= 11 is 0. The smallest absolute Gasteiger partial charge is 0.234 e. The standard InChI is InChI=1S/C27H39N3O3/c1-19-10-11-27(4,5)26(21(3)25(32)20(2)16-19)28-24(31)18-29-12-14-30(15-13-29)22-8-7-9-23(17-22)33-6/h7-9,16-17,26,32H,3,10-15,18H2,1-2,4-6H3,(H,28,31)/b19-16-,25-20+. The van der Waals surface area contributed by atoms with Gasteiger partial charge in [0, 0.05) is 43.5 Å². The van der Waals surface area contributed by atoms with Crippen LogP contribution in [0.4, 0.5) is 5.69 Å². The molecule has 0 radical (unpaired) electrons. The van der Waals surface area contributed by atoms with Crippen molar-refractivity contribution in [3.05, 3.63) is 59.4 Å². The largest absolute Gasteiger partial charge is 0.507 e. The Kier molecular flexibility index (Phi) is 7.90. The molecule has 1 atom stereocenters. The number of carbonyl (C=O) groups excluding carboxylic acids is 1. The number of ether oxygens (including phenoxy) is 1. The van der Waals surface area contributed by atoms with Crippen LogP contribution in [0.1, 0.15) is 40.5 Å². The van der Waals surface area contributed by atoms with E-state index in [1.807, 2.05) is 31.2 Å². The fourth-order valence-electron chi connectivity index (χ4n) is 4.70. The number of rotatable bonds is 5. The molecular formula is C27H39N3O3. The third-order valence-electron chi connectivity index (χ3n) is 6.90. The number of nitrogens with one attached hydrogen (secondary N) is 1. The highest BCUT2D eigenvalue weighted by Gasteiger charge is 2.35. The Morgan fingerprint density at radius 3 is 2.61 bits per heavy atom. The molecule has 1 aromatic carbocycles. The fourth-order valence-corrected chi connectivity index (χ4v) is 4.70. The van der Waals surface area contributed by atoms with Gasteiger partial charge in [0.05, 0.1) is 19.7 Å². The molecule has 6 heteroatoms. The number of piperazine rings is 1. The topological polar surface area (TPSA) is 65.0 Å². The van der Waals surface area contributed by atoms with Gasteiger partial charge >= 0.3 is 0 Å². The van der Waals surface area contributed by atoms with E-state index in [4.69, 9.17) is 4.74 Å². The van der Waals surface area contributed by atoms with E-state index in [9.17, 15) is 9.90 Å². The Balaban J connectivity index is 1.61. The Morgan fingerprint density at radius 1 is 1.24 bits per heavy atom. The third-order valence-corrected chi connectivity index (χ3v) is 6.90. The number of nitrogens with zero attached hydrogens (tertiary/aromatic N) is 2. The molecular weight excluding hydrogens is 414 g/mol. The first-order valence-electron chi connectivity index (χ1n) is 11.8. The van der Waals surface area contributed by atoms with Gasteiger partial charge in [-0.2, -0.15) is 0 Å². The summed E-state index contributed by atoms with van der Waals surface area (Å²) in [5.74, 6) is 1.00. The molecule has 1 heterocycles. The predicted molar refractivity (Wildman–Crippen MR) is 135 cm³/mol. The third kappa shape index (κ3) is 6.20. The van der Waals surface area contributed by atoms with E-state index < -0.39 is 0 Å². The van der Waals surface area contributed by atoms with Crippen molar-refractivity contribution >= 4 is 11.6 Å². The molecule has 1 saturated heterocycles. The molecule has 33 heavy (non-hydrogen) atoms. The highest BCUT2D eigenvalue weighted by molar-refractivity contribution is 5.79. The number of amides is 1. The van der Waals surface area contributed by atoms with Crippen LogP contribution in [0.5, 0.6) is 5.75 Å². The summed E-state index contributed by atoms with van der Waals surface area (Å²) in [6.07, 6.45) is 3.84. The minimum Gasteiger partial charge on any atom is -0.507 e. The fraction of sp³-hybridized carbons (Fsp3) is 0.519. The average molecular weight is 454 g/mol. The highest BCUT2D eigenvalue weighted by Crippen LogP contribution is 2.36. The molecule has 3 rings (SSSR count). The normalized spacial score (nSPS) is 26.0. The second kappa shape index (κ2) is 10.5. The lowest BCUT2D eigenvalue weighted by Gasteiger charge is -2.38. The zero-order valence-electron chi connectivity index (χ0n) is 20.8. The molecule has 1 fully saturated rings. The summed E-state index contributed by atoms with van der Waals surface area (Å²) in [4.78, 5) is 17.6. The highest BCUT2D eigenvalue weighted by atomic mass is 16.5. The Morgan fingerprint density at radius 2 is 1.94 bits per heavy atom. The summed E-state index contributed by atoms with van der Waals surface area (Å²) in [5, 5.41) is 14.0. The molecule has 0 aromatic heterocycles. The van der Waals surface area contributed by atoms with Gasteiger partial charge in [-0.25, -0.2) is 0 Å². The summed E-state index contributed by atoms with van der Waals surface area (Å²) in [5.41, 5.74) is 3.51. The second-order valence-corrected chi connectivity index (χ2v) is 10.0. The van der Waals surface area contributed by atoms with Gasteiger partial charge in [0.1, 0.15) is 11.5 Å². The van der Waals surface area contributed by atoms with Crippen molar-refractivity contribution in [1.29, 1.82) is 0 Å². The van der Waals surface area contributed by atoms with Gasteiger partial charge in [0.2, 0.25) is 5.91 Å². The maximum atomic E-state index is 13.0. The molecule has 1 unspecified atom stereocenters. The van der Waals surface area contributed by atoms with E-state index >= 15 is 0 Å². The predicted octanol–water partition coefficient (Wildman–Crippen LogP) is 4.46. The number of anilines is 1. The van der Waals surface area contributed by atoms with E-state index in [-0.39, 0.29) is 23.1 Å². The lowest BCUT2D eigenvalue weighted by molar-refractivity contribution is -0.123. The number of methoxy groups -OCH3 is 1. The van der Waals surface area contributed by atoms with Gasteiger partial charge in [-0.15, -0.1) is 0 Å². The van der Waals surface area contributed by atoms with E-state index in [0.717, 1.165) is 56.0 Å². The van der Waals surface area contributed by atoms with Crippen LogP contribution in [0.15, 0.2) is 59.4 Å². The van der Waals surface area contributed by atoms with Gasteiger partial charge in [-0.1, -0.05) is 38.1 Å². The van der Waals surface area contributed by atoms with Gasteiger partial charge in [-0.3, -0.25) is 9.69 Å². The number of allylic oxidation sites excluding steroid dienone is 3. The lowest BCUT2D eigenvalue weighted by Crippen LogP contribution is -2.53. The first kappa shape index (κ1) is 24.9. The minimum atomic E-state index is -0.322. The van der Waals surface area contributed by atoms with Crippen LogP contribution in [-0.2, 0) is 4.79 Å². The van der Waals surface area contributed by atoms with Gasteiger partial charge < -0.3 is 20.1 Å². The maximum Gasteiger partial charge on any atom is 0.234 e. The summed E-state index contributed by atoms with van der Waals surface area (Å²) in [7, 11) is 1.68. The van der Waals surface area contributed by atoms with Crippen LogP contribution in [-0.4, -0.2) is 61.8 Å². The number of aliphatic hydroxyl groups excluding tert-OH is 1. The van der Waals surface area contributed by atoms with E-state index in [0.29, 0.717) is 12.1 Å².